The van der Waals surface area contributed by atoms with Crippen LogP contribution in [0.4, 0.5) is 0 Å². The minimum Gasteiger partial charge on any atom is -0.381 e. The van der Waals surface area contributed by atoms with Crippen LogP contribution in [0.1, 0.15) is 68.1 Å². The van der Waals surface area contributed by atoms with Crippen LogP contribution in [0.5, 0.6) is 0 Å². The number of rotatable bonds is 5. The Balaban J connectivity index is 1.41. The molecule has 2 saturated carbocycles. The number of ether oxygens (including phenoxy) is 2. The summed E-state index contributed by atoms with van der Waals surface area (Å²) in [4.78, 5) is 0. The molecule has 0 atom stereocenters. The van der Waals surface area contributed by atoms with Crippen molar-refractivity contribution in [3.63, 3.8) is 0 Å². The molecule has 1 aromatic carbocycles. The highest BCUT2D eigenvalue weighted by molar-refractivity contribution is 5.28. The molecule has 0 saturated heterocycles. The normalized spacial score (nSPS) is 31.1. The van der Waals surface area contributed by atoms with Gasteiger partial charge in [0.05, 0.1) is 18.8 Å². The van der Waals surface area contributed by atoms with Crippen molar-refractivity contribution in [3.8, 4) is 0 Å². The molecular formula is C22H34O2. The minimum absolute atomic E-state index is 0.470. The summed E-state index contributed by atoms with van der Waals surface area (Å²) < 4.78 is 11.7. The number of hydrogen-bond donors (Lipinski definition) is 0. The summed E-state index contributed by atoms with van der Waals surface area (Å²) in [5, 5.41) is 0. The largest absolute Gasteiger partial charge is 0.381 e. The fraction of sp³-hybridized carbons (Fsp3) is 0.727. The van der Waals surface area contributed by atoms with Crippen molar-refractivity contribution in [1.29, 1.82) is 0 Å². The van der Waals surface area contributed by atoms with Gasteiger partial charge in [-0.15, -0.1) is 0 Å². The molecule has 2 aliphatic carbocycles. The van der Waals surface area contributed by atoms with E-state index in [2.05, 4.69) is 32.0 Å². The van der Waals surface area contributed by atoms with Gasteiger partial charge in [0.15, 0.2) is 0 Å². The summed E-state index contributed by atoms with van der Waals surface area (Å²) in [6.07, 6.45) is 11.5. The molecule has 1 aromatic rings. The Kier molecular flexibility index (Phi) is 6.35. The molecule has 0 radical (unpaired) electrons. The highest BCUT2D eigenvalue weighted by Crippen LogP contribution is 2.39. The van der Waals surface area contributed by atoms with Crippen molar-refractivity contribution in [2.24, 2.45) is 11.8 Å². The average molecular weight is 331 g/mol. The second-order valence-corrected chi connectivity index (χ2v) is 8.12. The van der Waals surface area contributed by atoms with Gasteiger partial charge in [0, 0.05) is 7.11 Å². The second-order valence-electron chi connectivity index (χ2n) is 8.12. The van der Waals surface area contributed by atoms with Gasteiger partial charge >= 0.3 is 0 Å². The smallest absolute Gasteiger partial charge is 0.0720 e. The summed E-state index contributed by atoms with van der Waals surface area (Å²) in [7, 11) is 1.86. The number of methoxy groups -OCH3 is 1. The van der Waals surface area contributed by atoms with Crippen molar-refractivity contribution in [2.45, 2.75) is 84.0 Å². The van der Waals surface area contributed by atoms with Crippen LogP contribution in [0, 0.1) is 25.7 Å². The van der Waals surface area contributed by atoms with E-state index in [1.807, 2.05) is 7.11 Å². The molecule has 24 heavy (non-hydrogen) atoms. The zero-order valence-electron chi connectivity index (χ0n) is 15.7. The molecule has 2 nitrogen and oxygen atoms in total. The molecule has 0 unspecified atom stereocenters. The monoisotopic (exact) mass is 330 g/mol. The van der Waals surface area contributed by atoms with Gasteiger partial charge in [-0.2, -0.15) is 0 Å². The van der Waals surface area contributed by atoms with Gasteiger partial charge in [-0.1, -0.05) is 29.3 Å². The SMILES string of the molecule is COC1CCC(C2CCC(OCc3cc(C)cc(C)c3)CC2)CC1. The molecule has 0 amide bonds. The van der Waals surface area contributed by atoms with Crippen LogP contribution in [0.25, 0.3) is 0 Å². The molecule has 2 fully saturated rings. The molecule has 2 aliphatic rings. The lowest BCUT2D eigenvalue weighted by atomic mass is 9.72. The summed E-state index contributed by atoms with van der Waals surface area (Å²) in [5.41, 5.74) is 4.00. The van der Waals surface area contributed by atoms with Crippen molar-refractivity contribution < 1.29 is 9.47 Å². The molecule has 0 aromatic heterocycles. The molecule has 0 N–H and O–H groups in total. The summed E-state index contributed by atoms with van der Waals surface area (Å²) in [5.74, 6) is 1.88. The maximum absolute atomic E-state index is 6.23. The fourth-order valence-electron chi connectivity index (χ4n) is 4.89. The van der Waals surface area contributed by atoms with Crippen LogP contribution in [0.2, 0.25) is 0 Å². The maximum Gasteiger partial charge on any atom is 0.0720 e. The molecule has 0 heterocycles. The molecule has 3 rings (SSSR count). The first-order valence-electron chi connectivity index (χ1n) is 9.85. The van der Waals surface area contributed by atoms with Crippen molar-refractivity contribution in [2.75, 3.05) is 7.11 Å². The van der Waals surface area contributed by atoms with Gasteiger partial charge in [-0.25, -0.2) is 0 Å². The Labute approximate surface area is 147 Å². The Morgan fingerprint density at radius 2 is 1.25 bits per heavy atom. The zero-order valence-corrected chi connectivity index (χ0v) is 15.7. The van der Waals surface area contributed by atoms with Crippen molar-refractivity contribution in [3.05, 3.63) is 34.9 Å². The standard InChI is InChI=1S/C22H34O2/c1-16-12-17(2)14-18(13-16)15-24-22-10-6-20(7-11-22)19-4-8-21(23-3)9-5-19/h12-14,19-22H,4-11,15H2,1-3H3. The van der Waals surface area contributed by atoms with Gasteiger partial charge in [-0.3, -0.25) is 0 Å². The minimum atomic E-state index is 0.470. The van der Waals surface area contributed by atoms with Crippen LogP contribution in [0.15, 0.2) is 18.2 Å². The predicted octanol–water partition coefficient (Wildman–Crippen LogP) is 5.58. The first-order valence-corrected chi connectivity index (χ1v) is 9.85. The van der Waals surface area contributed by atoms with E-state index in [0.717, 1.165) is 18.4 Å². The van der Waals surface area contributed by atoms with E-state index in [1.165, 1.54) is 68.1 Å². The molecule has 0 spiro atoms. The second kappa shape index (κ2) is 8.49. The Bertz CT molecular complexity index is 488. The highest BCUT2D eigenvalue weighted by atomic mass is 16.5. The molecule has 2 heteroatoms. The van der Waals surface area contributed by atoms with E-state index in [4.69, 9.17) is 9.47 Å². The average Bonchev–Trinajstić information content (AvgIpc) is 2.60. The van der Waals surface area contributed by atoms with Crippen molar-refractivity contribution in [1.82, 2.24) is 0 Å². The predicted molar refractivity (Wildman–Crippen MR) is 99.2 cm³/mol. The summed E-state index contributed by atoms with van der Waals surface area (Å²) >= 11 is 0. The number of aryl methyl sites for hydroxylation is 2. The Hall–Kier alpha value is -0.860. The van der Waals surface area contributed by atoms with Crippen LogP contribution in [0.3, 0.4) is 0 Å². The lowest BCUT2D eigenvalue weighted by molar-refractivity contribution is -0.00896. The highest BCUT2D eigenvalue weighted by Gasteiger charge is 2.31. The first-order chi connectivity index (χ1) is 11.6. The first kappa shape index (κ1) is 17.9. The third-order valence-electron chi connectivity index (χ3n) is 6.20. The van der Waals surface area contributed by atoms with Crippen LogP contribution in [-0.4, -0.2) is 19.3 Å². The van der Waals surface area contributed by atoms with Gasteiger partial charge < -0.3 is 9.47 Å². The third-order valence-corrected chi connectivity index (χ3v) is 6.20. The molecule has 134 valence electrons. The summed E-state index contributed by atoms with van der Waals surface area (Å²) in [6, 6.07) is 6.74. The lowest BCUT2D eigenvalue weighted by Crippen LogP contribution is -2.30. The number of hydrogen-bond acceptors (Lipinski definition) is 2. The lowest BCUT2D eigenvalue weighted by Gasteiger charge is -2.37. The van der Waals surface area contributed by atoms with Crippen LogP contribution < -0.4 is 0 Å². The van der Waals surface area contributed by atoms with E-state index >= 15 is 0 Å². The van der Waals surface area contributed by atoms with Gasteiger partial charge in [0.2, 0.25) is 0 Å². The summed E-state index contributed by atoms with van der Waals surface area (Å²) in [6.45, 7) is 5.11. The topological polar surface area (TPSA) is 18.5 Å². The van der Waals surface area contributed by atoms with E-state index < -0.39 is 0 Å². The van der Waals surface area contributed by atoms with Gasteiger partial charge in [-0.05, 0) is 82.6 Å². The zero-order chi connectivity index (χ0) is 16.9. The van der Waals surface area contributed by atoms with E-state index in [-0.39, 0.29) is 0 Å². The van der Waals surface area contributed by atoms with Crippen LogP contribution >= 0.6 is 0 Å². The molecule has 0 bridgehead atoms. The fourth-order valence-corrected chi connectivity index (χ4v) is 4.89. The molecule has 0 aliphatic heterocycles. The third kappa shape index (κ3) is 4.83. The molecular weight excluding hydrogens is 296 g/mol. The van der Waals surface area contributed by atoms with E-state index in [1.54, 1.807) is 0 Å². The van der Waals surface area contributed by atoms with Crippen molar-refractivity contribution >= 4 is 0 Å². The van der Waals surface area contributed by atoms with Gasteiger partial charge in [0.1, 0.15) is 0 Å². The maximum atomic E-state index is 6.23. The van der Waals surface area contributed by atoms with E-state index in [9.17, 15) is 0 Å². The quantitative estimate of drug-likeness (QED) is 0.701. The Morgan fingerprint density at radius 3 is 1.75 bits per heavy atom. The van der Waals surface area contributed by atoms with Crippen LogP contribution in [-0.2, 0) is 16.1 Å². The van der Waals surface area contributed by atoms with E-state index in [0.29, 0.717) is 12.2 Å². The Morgan fingerprint density at radius 1 is 0.750 bits per heavy atom. The van der Waals surface area contributed by atoms with Gasteiger partial charge in [0.25, 0.3) is 0 Å². The number of benzene rings is 1.